The van der Waals surface area contributed by atoms with Gasteiger partial charge in [0.05, 0.1) is 13.2 Å². The van der Waals surface area contributed by atoms with Crippen molar-refractivity contribution in [1.82, 2.24) is 15.1 Å². The molecular weight excluding hydrogens is 246 g/mol. The number of ether oxygens (including phenoxy) is 1. The first-order valence-corrected chi connectivity index (χ1v) is 6.90. The van der Waals surface area contributed by atoms with Crippen molar-refractivity contribution in [2.24, 2.45) is 0 Å². The molecule has 0 aromatic carbocycles. The van der Waals surface area contributed by atoms with E-state index in [0.717, 1.165) is 32.6 Å². The van der Waals surface area contributed by atoms with Gasteiger partial charge in [-0.1, -0.05) is 6.92 Å². The Bertz CT molecular complexity index is 304. The molecule has 0 saturated carbocycles. The van der Waals surface area contributed by atoms with Crippen LogP contribution >= 0.6 is 0 Å². The first kappa shape index (κ1) is 15.9. The normalized spacial score (nSPS) is 17.8. The first-order chi connectivity index (χ1) is 9.10. The summed E-state index contributed by atoms with van der Waals surface area (Å²) in [7, 11) is 1.34. The third-order valence-electron chi connectivity index (χ3n) is 3.41. The Morgan fingerprint density at radius 2 is 2.00 bits per heavy atom. The maximum Gasteiger partial charge on any atom is 0.325 e. The molecule has 1 unspecified atom stereocenters. The largest absolute Gasteiger partial charge is 0.468 e. The van der Waals surface area contributed by atoms with Gasteiger partial charge in [-0.3, -0.25) is 14.5 Å². The minimum Gasteiger partial charge on any atom is -0.468 e. The molecule has 1 N–H and O–H groups in total. The zero-order chi connectivity index (χ0) is 14.3. The van der Waals surface area contributed by atoms with Gasteiger partial charge in [0, 0.05) is 32.7 Å². The lowest BCUT2D eigenvalue weighted by Crippen LogP contribution is -2.54. The molecule has 0 aromatic heterocycles. The van der Waals surface area contributed by atoms with Crippen LogP contribution in [0, 0.1) is 0 Å². The average Bonchev–Trinajstić information content (AvgIpc) is 2.46. The van der Waals surface area contributed by atoms with Gasteiger partial charge in [-0.05, 0) is 13.3 Å². The van der Waals surface area contributed by atoms with Crippen LogP contribution in [0.3, 0.4) is 0 Å². The quantitative estimate of drug-likeness (QED) is 0.672. The summed E-state index contributed by atoms with van der Waals surface area (Å²) in [5, 5.41) is 3.26. The number of amides is 1. The van der Waals surface area contributed by atoms with Crippen molar-refractivity contribution >= 4 is 11.9 Å². The van der Waals surface area contributed by atoms with Crippen LogP contribution in [0.4, 0.5) is 0 Å². The summed E-state index contributed by atoms with van der Waals surface area (Å²) in [5.41, 5.74) is 0. The van der Waals surface area contributed by atoms with Crippen molar-refractivity contribution in [3.05, 3.63) is 0 Å². The summed E-state index contributed by atoms with van der Waals surface area (Å²) in [4.78, 5) is 27.5. The molecule has 6 nitrogen and oxygen atoms in total. The van der Waals surface area contributed by atoms with Crippen LogP contribution in [0.25, 0.3) is 0 Å². The molecule has 1 heterocycles. The fourth-order valence-corrected chi connectivity index (χ4v) is 2.25. The molecule has 0 radical (unpaired) electrons. The second-order valence-corrected chi connectivity index (χ2v) is 4.80. The van der Waals surface area contributed by atoms with Gasteiger partial charge in [-0.15, -0.1) is 0 Å². The Balaban J connectivity index is 2.60. The minimum atomic E-state index is -0.366. The van der Waals surface area contributed by atoms with Crippen LogP contribution in [0.2, 0.25) is 0 Å². The predicted octanol–water partition coefficient (Wildman–Crippen LogP) is -0.308. The van der Waals surface area contributed by atoms with E-state index in [9.17, 15) is 9.59 Å². The van der Waals surface area contributed by atoms with Gasteiger partial charge in [0.15, 0.2) is 0 Å². The molecule has 1 atom stereocenters. The molecule has 6 heteroatoms. The molecule has 1 saturated heterocycles. The summed E-state index contributed by atoms with van der Waals surface area (Å²) < 4.78 is 4.65. The van der Waals surface area contributed by atoms with E-state index in [4.69, 9.17) is 0 Å². The number of hydrogen-bond donors (Lipinski definition) is 1. The molecule has 0 aliphatic carbocycles. The molecule has 0 spiro atoms. The van der Waals surface area contributed by atoms with Crippen LogP contribution in [0.5, 0.6) is 0 Å². The minimum absolute atomic E-state index is 0.00847. The van der Waals surface area contributed by atoms with E-state index >= 15 is 0 Å². The maximum absolute atomic E-state index is 12.4. The van der Waals surface area contributed by atoms with Crippen molar-refractivity contribution in [3.8, 4) is 0 Å². The number of hydrogen-bond acceptors (Lipinski definition) is 5. The summed E-state index contributed by atoms with van der Waals surface area (Å²) in [6.07, 6.45) is 0.830. The Morgan fingerprint density at radius 3 is 2.53 bits per heavy atom. The monoisotopic (exact) mass is 271 g/mol. The Labute approximate surface area is 115 Å². The van der Waals surface area contributed by atoms with Gasteiger partial charge >= 0.3 is 5.97 Å². The van der Waals surface area contributed by atoms with E-state index in [1.165, 1.54) is 7.11 Å². The molecule has 0 bridgehead atoms. The van der Waals surface area contributed by atoms with Gasteiger partial charge in [0.25, 0.3) is 0 Å². The van der Waals surface area contributed by atoms with E-state index in [2.05, 4.69) is 15.0 Å². The standard InChI is InChI=1S/C13H25N3O3/c1-4-7-16(10-12(17)19-3)13(18)11(2)15-8-5-14-6-9-15/h11,14H,4-10H2,1-3H3. The smallest absolute Gasteiger partial charge is 0.325 e. The highest BCUT2D eigenvalue weighted by Crippen LogP contribution is 2.06. The van der Waals surface area contributed by atoms with E-state index in [1.807, 2.05) is 13.8 Å². The molecule has 19 heavy (non-hydrogen) atoms. The fraction of sp³-hybridized carbons (Fsp3) is 0.846. The number of rotatable bonds is 6. The molecule has 0 aromatic rings. The number of carbonyl (C=O) groups is 2. The first-order valence-electron chi connectivity index (χ1n) is 6.90. The summed E-state index contributed by atoms with van der Waals surface area (Å²) >= 11 is 0. The lowest BCUT2D eigenvalue weighted by Gasteiger charge is -2.34. The lowest BCUT2D eigenvalue weighted by molar-refractivity contribution is -0.149. The SMILES string of the molecule is CCCN(CC(=O)OC)C(=O)C(C)N1CCNCC1. The second-order valence-electron chi connectivity index (χ2n) is 4.80. The molecule has 1 amide bonds. The molecule has 1 rings (SSSR count). The lowest BCUT2D eigenvalue weighted by atomic mass is 10.2. The zero-order valence-electron chi connectivity index (χ0n) is 12.1. The van der Waals surface area contributed by atoms with Gasteiger partial charge < -0.3 is 15.0 Å². The van der Waals surface area contributed by atoms with Crippen LogP contribution in [-0.4, -0.2) is 74.1 Å². The van der Waals surface area contributed by atoms with Gasteiger partial charge in [0.2, 0.25) is 5.91 Å². The van der Waals surface area contributed by atoms with E-state index in [-0.39, 0.29) is 24.5 Å². The van der Waals surface area contributed by atoms with Gasteiger partial charge in [-0.25, -0.2) is 0 Å². The van der Waals surface area contributed by atoms with Crippen molar-refractivity contribution in [2.75, 3.05) is 46.4 Å². The second kappa shape index (κ2) is 8.12. The molecule has 1 fully saturated rings. The van der Waals surface area contributed by atoms with Gasteiger partial charge in [0.1, 0.15) is 6.54 Å². The maximum atomic E-state index is 12.4. The van der Waals surface area contributed by atoms with E-state index in [1.54, 1.807) is 4.90 Å². The Kier molecular flexibility index (Phi) is 6.80. The predicted molar refractivity (Wildman–Crippen MR) is 72.8 cm³/mol. The molecule has 110 valence electrons. The van der Waals surface area contributed by atoms with E-state index in [0.29, 0.717) is 6.54 Å². The molecular formula is C13H25N3O3. The molecule has 1 aliphatic rings. The van der Waals surface area contributed by atoms with Crippen molar-refractivity contribution < 1.29 is 14.3 Å². The Hall–Kier alpha value is -1.14. The molecule has 1 aliphatic heterocycles. The fourth-order valence-electron chi connectivity index (χ4n) is 2.25. The number of carbonyl (C=O) groups excluding carboxylic acids is 2. The highest BCUT2D eigenvalue weighted by atomic mass is 16.5. The number of piperazine rings is 1. The van der Waals surface area contributed by atoms with Crippen molar-refractivity contribution in [2.45, 2.75) is 26.3 Å². The average molecular weight is 271 g/mol. The summed E-state index contributed by atoms with van der Waals surface area (Å²) in [6.45, 7) is 8.07. The topological polar surface area (TPSA) is 61.9 Å². The summed E-state index contributed by atoms with van der Waals surface area (Å²) in [5.74, 6) is -0.358. The third-order valence-corrected chi connectivity index (χ3v) is 3.41. The number of nitrogens with one attached hydrogen (secondary N) is 1. The van der Waals surface area contributed by atoms with E-state index < -0.39 is 0 Å². The third kappa shape index (κ3) is 4.80. The summed E-state index contributed by atoms with van der Waals surface area (Å²) in [6, 6.07) is -0.182. The van der Waals surface area contributed by atoms with Crippen LogP contribution in [0.1, 0.15) is 20.3 Å². The Morgan fingerprint density at radius 1 is 1.37 bits per heavy atom. The number of nitrogens with zero attached hydrogens (tertiary/aromatic N) is 2. The highest BCUT2D eigenvalue weighted by Gasteiger charge is 2.27. The zero-order valence-corrected chi connectivity index (χ0v) is 12.1. The van der Waals surface area contributed by atoms with Crippen molar-refractivity contribution in [1.29, 1.82) is 0 Å². The van der Waals surface area contributed by atoms with Crippen molar-refractivity contribution in [3.63, 3.8) is 0 Å². The van der Waals surface area contributed by atoms with Crippen LogP contribution < -0.4 is 5.32 Å². The van der Waals surface area contributed by atoms with Crippen LogP contribution in [-0.2, 0) is 14.3 Å². The number of esters is 1. The van der Waals surface area contributed by atoms with Gasteiger partial charge in [-0.2, -0.15) is 0 Å². The van der Waals surface area contributed by atoms with Crippen LogP contribution in [0.15, 0.2) is 0 Å². The number of methoxy groups -OCH3 is 1. The highest BCUT2D eigenvalue weighted by molar-refractivity contribution is 5.85.